The Kier molecular flexibility index (Phi) is 7.27. The van der Waals surface area contributed by atoms with Crippen LogP contribution < -0.4 is 9.80 Å². The molecular formula is C37H34N2. The second-order valence-corrected chi connectivity index (χ2v) is 10.4. The van der Waals surface area contributed by atoms with E-state index in [1.54, 1.807) is 0 Å². The van der Waals surface area contributed by atoms with Crippen molar-refractivity contribution in [1.82, 2.24) is 0 Å². The summed E-state index contributed by atoms with van der Waals surface area (Å²) in [4.78, 5) is 4.64. The Bertz CT molecular complexity index is 1510. The molecule has 0 bridgehead atoms. The number of nitrogens with zero attached hydrogens (tertiary/aromatic N) is 2. The van der Waals surface area contributed by atoms with Gasteiger partial charge in [0.2, 0.25) is 0 Å². The first kappa shape index (κ1) is 24.8. The van der Waals surface area contributed by atoms with Crippen LogP contribution in [0.2, 0.25) is 0 Å². The van der Waals surface area contributed by atoms with Crippen molar-refractivity contribution in [2.24, 2.45) is 0 Å². The third-order valence-electron chi connectivity index (χ3n) is 7.55. The van der Waals surface area contributed by atoms with Gasteiger partial charge in [-0.1, -0.05) is 97.1 Å². The number of hydrogen-bond acceptors (Lipinski definition) is 2. The van der Waals surface area contributed by atoms with Gasteiger partial charge in [-0.05, 0) is 89.6 Å². The third kappa shape index (κ3) is 5.97. The van der Waals surface area contributed by atoms with Gasteiger partial charge in [-0.15, -0.1) is 0 Å². The first-order chi connectivity index (χ1) is 19.2. The predicted molar refractivity (Wildman–Crippen MR) is 165 cm³/mol. The van der Waals surface area contributed by atoms with E-state index in [0.29, 0.717) is 0 Å². The molecule has 0 aromatic heterocycles. The molecule has 2 heterocycles. The van der Waals surface area contributed by atoms with E-state index in [4.69, 9.17) is 0 Å². The van der Waals surface area contributed by atoms with E-state index >= 15 is 0 Å². The Morgan fingerprint density at radius 3 is 1.59 bits per heavy atom. The smallest absolute Gasteiger partial charge is 0.0497 e. The molecule has 4 aromatic rings. The number of anilines is 2. The maximum atomic E-state index is 2.36. The van der Waals surface area contributed by atoms with Crippen LogP contribution in [0.15, 0.2) is 157 Å². The fourth-order valence-electron chi connectivity index (χ4n) is 5.36. The van der Waals surface area contributed by atoms with E-state index in [1.807, 2.05) is 0 Å². The number of rotatable bonds is 7. The van der Waals surface area contributed by atoms with Crippen molar-refractivity contribution >= 4 is 11.4 Å². The largest absolute Gasteiger partial charge is 0.344 e. The molecule has 4 aromatic carbocycles. The molecule has 1 atom stereocenters. The summed E-state index contributed by atoms with van der Waals surface area (Å²) in [6, 6.07) is 39.5. The fraction of sp³-hybridized carbons (Fsp3) is 0.135. The van der Waals surface area contributed by atoms with Gasteiger partial charge in [0, 0.05) is 36.4 Å². The van der Waals surface area contributed by atoms with Crippen molar-refractivity contribution in [3.8, 4) is 0 Å². The SMILES string of the molecule is CC1C=C(C2=CCN(c3ccc(Cc4ccccc4)cc3)C=C2)C=CN1c1ccc(Cc2ccccc2)cc1. The molecule has 2 aliphatic rings. The standard InChI is InChI=1S/C37H34N2/c1-29-26-35(22-25-39(29)37-18-14-33(15-19-37)28-31-10-6-3-7-11-31)34-20-23-38(24-21-34)36-16-12-32(13-17-36)27-30-8-4-2-5-9-30/h2-23,25-26,29H,24,27-28H2,1H3. The van der Waals surface area contributed by atoms with Crippen LogP contribution >= 0.6 is 0 Å². The minimum Gasteiger partial charge on any atom is -0.344 e. The van der Waals surface area contributed by atoms with Crippen molar-refractivity contribution in [2.75, 3.05) is 16.3 Å². The molecule has 0 spiro atoms. The van der Waals surface area contributed by atoms with Gasteiger partial charge in [0.15, 0.2) is 0 Å². The molecule has 0 fully saturated rings. The van der Waals surface area contributed by atoms with Crippen molar-refractivity contribution in [1.29, 1.82) is 0 Å². The zero-order valence-electron chi connectivity index (χ0n) is 22.4. The minimum absolute atomic E-state index is 0.287. The van der Waals surface area contributed by atoms with Crippen LogP contribution in [0.1, 0.15) is 29.2 Å². The molecular weight excluding hydrogens is 472 g/mol. The second kappa shape index (κ2) is 11.4. The summed E-state index contributed by atoms with van der Waals surface area (Å²) in [7, 11) is 0. The van der Waals surface area contributed by atoms with Crippen LogP contribution in [0, 0.1) is 0 Å². The zero-order chi connectivity index (χ0) is 26.4. The normalized spacial score (nSPS) is 16.7. The van der Waals surface area contributed by atoms with Crippen molar-refractivity contribution < 1.29 is 0 Å². The summed E-state index contributed by atoms with van der Waals surface area (Å²) >= 11 is 0. The van der Waals surface area contributed by atoms with Crippen molar-refractivity contribution in [3.05, 3.63) is 179 Å². The monoisotopic (exact) mass is 506 g/mol. The van der Waals surface area contributed by atoms with Gasteiger partial charge in [-0.25, -0.2) is 0 Å². The van der Waals surface area contributed by atoms with Crippen LogP contribution in [0.25, 0.3) is 0 Å². The van der Waals surface area contributed by atoms with Gasteiger partial charge in [0.05, 0.1) is 0 Å². The molecule has 2 heteroatoms. The maximum Gasteiger partial charge on any atom is 0.0497 e. The minimum atomic E-state index is 0.287. The third-order valence-corrected chi connectivity index (χ3v) is 7.55. The zero-order valence-corrected chi connectivity index (χ0v) is 22.4. The first-order valence-electron chi connectivity index (χ1n) is 13.8. The Morgan fingerprint density at radius 1 is 0.564 bits per heavy atom. The Labute approximate surface area is 232 Å². The quantitative estimate of drug-likeness (QED) is 0.248. The number of hydrogen-bond donors (Lipinski definition) is 0. The molecule has 192 valence electrons. The van der Waals surface area contributed by atoms with Crippen LogP contribution in [0.3, 0.4) is 0 Å². The summed E-state index contributed by atoms with van der Waals surface area (Å²) in [5.41, 5.74) is 10.4. The van der Waals surface area contributed by atoms with E-state index in [2.05, 4.69) is 163 Å². The highest BCUT2D eigenvalue weighted by atomic mass is 15.1. The summed E-state index contributed by atoms with van der Waals surface area (Å²) in [5.74, 6) is 0. The molecule has 0 N–H and O–H groups in total. The molecule has 6 rings (SSSR count). The molecule has 2 aliphatic heterocycles. The average Bonchev–Trinajstić information content (AvgIpc) is 2.99. The molecule has 0 saturated heterocycles. The number of allylic oxidation sites excluding steroid dienone is 4. The van der Waals surface area contributed by atoms with Crippen molar-refractivity contribution in [2.45, 2.75) is 25.8 Å². The van der Waals surface area contributed by atoms with E-state index < -0.39 is 0 Å². The van der Waals surface area contributed by atoms with Crippen LogP contribution in [-0.4, -0.2) is 12.6 Å². The second-order valence-electron chi connectivity index (χ2n) is 10.4. The molecule has 0 saturated carbocycles. The lowest BCUT2D eigenvalue weighted by Gasteiger charge is -2.31. The Morgan fingerprint density at radius 2 is 1.08 bits per heavy atom. The Hall–Kier alpha value is -4.56. The molecule has 0 aliphatic carbocycles. The highest BCUT2D eigenvalue weighted by Crippen LogP contribution is 2.29. The highest BCUT2D eigenvalue weighted by Gasteiger charge is 2.17. The van der Waals surface area contributed by atoms with Gasteiger partial charge in [0.25, 0.3) is 0 Å². The Balaban J connectivity index is 1.06. The van der Waals surface area contributed by atoms with Gasteiger partial charge >= 0.3 is 0 Å². The fourth-order valence-corrected chi connectivity index (χ4v) is 5.36. The topological polar surface area (TPSA) is 6.48 Å². The van der Waals surface area contributed by atoms with Crippen LogP contribution in [0.5, 0.6) is 0 Å². The summed E-state index contributed by atoms with van der Waals surface area (Å²) in [6.45, 7) is 3.13. The van der Waals surface area contributed by atoms with Crippen LogP contribution in [0.4, 0.5) is 11.4 Å². The van der Waals surface area contributed by atoms with E-state index in [9.17, 15) is 0 Å². The lowest BCUT2D eigenvalue weighted by Crippen LogP contribution is -2.29. The van der Waals surface area contributed by atoms with E-state index in [1.165, 1.54) is 44.8 Å². The van der Waals surface area contributed by atoms with Crippen molar-refractivity contribution in [3.63, 3.8) is 0 Å². The molecule has 0 amide bonds. The summed E-state index contributed by atoms with van der Waals surface area (Å²) in [6.07, 6.45) is 15.5. The van der Waals surface area contributed by atoms with Gasteiger partial charge in [0.1, 0.15) is 0 Å². The lowest BCUT2D eigenvalue weighted by molar-refractivity contribution is 0.840. The predicted octanol–water partition coefficient (Wildman–Crippen LogP) is 8.48. The molecule has 2 nitrogen and oxygen atoms in total. The number of benzene rings is 4. The van der Waals surface area contributed by atoms with Gasteiger partial charge in [-0.3, -0.25) is 0 Å². The summed E-state index contributed by atoms with van der Waals surface area (Å²) < 4.78 is 0. The van der Waals surface area contributed by atoms with Gasteiger partial charge in [-0.2, -0.15) is 0 Å². The maximum absolute atomic E-state index is 2.36. The van der Waals surface area contributed by atoms with E-state index in [-0.39, 0.29) is 6.04 Å². The van der Waals surface area contributed by atoms with Crippen LogP contribution in [-0.2, 0) is 12.8 Å². The first-order valence-corrected chi connectivity index (χ1v) is 13.8. The highest BCUT2D eigenvalue weighted by molar-refractivity contribution is 5.61. The summed E-state index contributed by atoms with van der Waals surface area (Å²) in [5, 5.41) is 0. The lowest BCUT2D eigenvalue weighted by atomic mass is 9.98. The molecule has 39 heavy (non-hydrogen) atoms. The average molecular weight is 507 g/mol. The van der Waals surface area contributed by atoms with Gasteiger partial charge < -0.3 is 9.80 Å². The molecule has 0 radical (unpaired) electrons. The van der Waals surface area contributed by atoms with E-state index in [0.717, 1.165) is 19.4 Å². The molecule has 1 unspecified atom stereocenters.